The molecule has 0 aromatic heterocycles. The van der Waals surface area contributed by atoms with E-state index in [0.717, 1.165) is 5.56 Å². The first-order valence-corrected chi connectivity index (χ1v) is 7.48. The highest BCUT2D eigenvalue weighted by molar-refractivity contribution is 5.94. The quantitative estimate of drug-likeness (QED) is 0.659. The third-order valence-electron chi connectivity index (χ3n) is 3.77. The predicted molar refractivity (Wildman–Crippen MR) is 95.4 cm³/mol. The fourth-order valence-corrected chi connectivity index (χ4v) is 2.26. The molecule has 1 N–H and O–H groups in total. The van der Waals surface area contributed by atoms with E-state index in [0.29, 0.717) is 16.8 Å². The minimum Gasteiger partial charge on any atom is -0.477 e. The molecule has 0 radical (unpaired) electrons. The van der Waals surface area contributed by atoms with Gasteiger partial charge in [0.25, 0.3) is 0 Å². The van der Waals surface area contributed by atoms with Gasteiger partial charge in [0, 0.05) is 12.7 Å². The summed E-state index contributed by atoms with van der Waals surface area (Å²) in [4.78, 5) is 13.2. The Balaban J connectivity index is 2.37. The van der Waals surface area contributed by atoms with Crippen LogP contribution in [0.15, 0.2) is 60.8 Å². The van der Waals surface area contributed by atoms with Crippen molar-refractivity contribution in [3.05, 3.63) is 83.3 Å². The lowest BCUT2D eigenvalue weighted by Gasteiger charge is -2.20. The molecule has 0 aliphatic rings. The van der Waals surface area contributed by atoms with E-state index >= 15 is 0 Å². The number of benzene rings is 2. The Bertz CT molecular complexity index is 893. The largest absolute Gasteiger partial charge is 0.477 e. The van der Waals surface area contributed by atoms with Crippen LogP contribution in [0, 0.1) is 24.1 Å². The molecule has 0 atom stereocenters. The van der Waals surface area contributed by atoms with Gasteiger partial charge < -0.3 is 10.0 Å². The fourth-order valence-electron chi connectivity index (χ4n) is 2.26. The second kappa shape index (κ2) is 7.45. The summed E-state index contributed by atoms with van der Waals surface area (Å²) in [6.45, 7) is 5.76. The summed E-state index contributed by atoms with van der Waals surface area (Å²) in [5, 5.41) is 18.3. The molecule has 2 aromatic rings. The van der Waals surface area contributed by atoms with Crippen molar-refractivity contribution < 1.29 is 14.3 Å². The molecule has 0 heterocycles. The highest BCUT2D eigenvalue weighted by Gasteiger charge is 2.16. The molecule has 0 aliphatic carbocycles. The maximum atomic E-state index is 13.8. The first kappa shape index (κ1) is 18.0. The Kier molecular flexibility index (Phi) is 5.35. The minimum atomic E-state index is -1.13. The summed E-state index contributed by atoms with van der Waals surface area (Å²) >= 11 is 0. The van der Waals surface area contributed by atoms with E-state index in [4.69, 9.17) is 5.26 Å². The van der Waals surface area contributed by atoms with Gasteiger partial charge in [0.1, 0.15) is 17.6 Å². The smallest absolute Gasteiger partial charge is 0.352 e. The van der Waals surface area contributed by atoms with E-state index < -0.39 is 11.8 Å². The van der Waals surface area contributed by atoms with Gasteiger partial charge in [0.2, 0.25) is 0 Å². The first-order valence-electron chi connectivity index (χ1n) is 7.48. The predicted octanol–water partition coefficient (Wildman–Crippen LogP) is 4.12. The van der Waals surface area contributed by atoms with Crippen molar-refractivity contribution >= 4 is 17.2 Å². The zero-order chi connectivity index (χ0) is 18.6. The molecule has 0 spiro atoms. The third-order valence-corrected chi connectivity index (χ3v) is 3.77. The number of nitrogens with zero attached hydrogens (tertiary/aromatic N) is 2. The van der Waals surface area contributed by atoms with E-state index in [1.807, 2.05) is 31.2 Å². The van der Waals surface area contributed by atoms with Crippen LogP contribution in [0.5, 0.6) is 0 Å². The maximum absolute atomic E-state index is 13.8. The number of aliphatic carboxylic acids is 1. The molecule has 5 heteroatoms. The van der Waals surface area contributed by atoms with Crippen molar-refractivity contribution in [3.8, 4) is 6.07 Å². The van der Waals surface area contributed by atoms with Crippen LogP contribution in [-0.4, -0.2) is 18.1 Å². The van der Waals surface area contributed by atoms with Gasteiger partial charge in [-0.2, -0.15) is 5.26 Å². The first-order chi connectivity index (χ1) is 11.8. The van der Waals surface area contributed by atoms with Gasteiger partial charge in [-0.15, -0.1) is 0 Å². The van der Waals surface area contributed by atoms with E-state index in [9.17, 15) is 14.3 Å². The molecular formula is C20H17FN2O2. The molecule has 0 unspecified atom stereocenters. The molecular weight excluding hydrogens is 319 g/mol. The summed E-state index contributed by atoms with van der Waals surface area (Å²) in [6, 6.07) is 13.2. The van der Waals surface area contributed by atoms with Crippen molar-refractivity contribution in [1.82, 2.24) is 0 Å². The fraction of sp³-hybridized carbons (Fsp3) is 0.100. The molecule has 0 amide bonds. The standard InChI is InChI=1S/C20H17FN2O2/c1-13-4-8-17(9-5-13)23(3)19(20(24)25)10-14(2)15-6-7-16(12-22)18(21)11-15/h4-11H,2H2,1,3H3,(H,24,25)/b19-10-. The Morgan fingerprint density at radius 3 is 2.44 bits per heavy atom. The van der Waals surface area contributed by atoms with Gasteiger partial charge in [-0.1, -0.05) is 30.3 Å². The number of aryl methyl sites for hydroxylation is 1. The number of nitriles is 1. The van der Waals surface area contributed by atoms with E-state index in [-0.39, 0.29) is 11.3 Å². The summed E-state index contributed by atoms with van der Waals surface area (Å²) in [7, 11) is 1.64. The number of carboxylic acids is 1. The van der Waals surface area contributed by atoms with Crippen molar-refractivity contribution in [2.24, 2.45) is 0 Å². The van der Waals surface area contributed by atoms with Crippen molar-refractivity contribution in [2.75, 3.05) is 11.9 Å². The number of carboxylic acid groups (broad SMARTS) is 1. The van der Waals surface area contributed by atoms with Crippen LogP contribution in [0.4, 0.5) is 10.1 Å². The Morgan fingerprint density at radius 2 is 1.92 bits per heavy atom. The van der Waals surface area contributed by atoms with Crippen LogP contribution in [-0.2, 0) is 4.79 Å². The Labute approximate surface area is 145 Å². The third kappa shape index (κ3) is 4.12. The summed E-state index contributed by atoms with van der Waals surface area (Å²) in [5.41, 5.74) is 2.44. The minimum absolute atomic E-state index is 0.00128. The summed E-state index contributed by atoms with van der Waals surface area (Å²) in [6.07, 6.45) is 1.38. The van der Waals surface area contributed by atoms with Crippen molar-refractivity contribution in [1.29, 1.82) is 5.26 Å². The molecule has 25 heavy (non-hydrogen) atoms. The van der Waals surface area contributed by atoms with Crippen LogP contribution < -0.4 is 4.90 Å². The number of halogens is 1. The Hall–Kier alpha value is -3.39. The van der Waals surface area contributed by atoms with E-state index in [1.54, 1.807) is 13.1 Å². The second-order valence-electron chi connectivity index (χ2n) is 5.56. The molecule has 2 aromatic carbocycles. The SMILES string of the molecule is C=C(/C=C(/C(=O)O)N(C)c1ccc(C)cc1)c1ccc(C#N)c(F)c1. The zero-order valence-electron chi connectivity index (χ0n) is 14.0. The van der Waals surface area contributed by atoms with Gasteiger partial charge >= 0.3 is 5.97 Å². The molecule has 126 valence electrons. The lowest BCUT2D eigenvalue weighted by molar-refractivity contribution is -0.132. The number of likely N-dealkylation sites (N-methyl/N-ethyl adjacent to an activating group) is 1. The molecule has 0 saturated heterocycles. The molecule has 0 saturated carbocycles. The molecule has 0 bridgehead atoms. The zero-order valence-corrected chi connectivity index (χ0v) is 14.0. The lowest BCUT2D eigenvalue weighted by Crippen LogP contribution is -2.23. The average Bonchev–Trinajstić information content (AvgIpc) is 2.59. The molecule has 0 fully saturated rings. The topological polar surface area (TPSA) is 64.3 Å². The number of carbonyl (C=O) groups is 1. The number of allylic oxidation sites excluding steroid dienone is 2. The highest BCUT2D eigenvalue weighted by atomic mass is 19.1. The number of hydrogen-bond donors (Lipinski definition) is 1. The van der Waals surface area contributed by atoms with Gasteiger partial charge in [0.15, 0.2) is 0 Å². The molecule has 0 aliphatic heterocycles. The van der Waals surface area contributed by atoms with Gasteiger partial charge in [-0.3, -0.25) is 0 Å². The second-order valence-corrected chi connectivity index (χ2v) is 5.56. The van der Waals surface area contributed by atoms with Crippen LogP contribution in [0.2, 0.25) is 0 Å². The van der Waals surface area contributed by atoms with Crippen molar-refractivity contribution in [2.45, 2.75) is 6.92 Å². The van der Waals surface area contributed by atoms with Crippen molar-refractivity contribution in [3.63, 3.8) is 0 Å². The molecule has 2 rings (SSSR count). The summed E-state index contributed by atoms with van der Waals surface area (Å²) < 4.78 is 13.8. The van der Waals surface area contributed by atoms with Crippen LogP contribution in [0.3, 0.4) is 0 Å². The number of rotatable bonds is 5. The van der Waals surface area contributed by atoms with Gasteiger partial charge in [-0.05, 0) is 48.4 Å². The highest BCUT2D eigenvalue weighted by Crippen LogP contribution is 2.23. The maximum Gasteiger partial charge on any atom is 0.352 e. The number of hydrogen-bond acceptors (Lipinski definition) is 3. The average molecular weight is 336 g/mol. The normalized spacial score (nSPS) is 10.9. The van der Waals surface area contributed by atoms with Gasteiger partial charge in [-0.25, -0.2) is 9.18 Å². The monoisotopic (exact) mass is 336 g/mol. The Morgan fingerprint density at radius 1 is 1.28 bits per heavy atom. The van der Waals surface area contributed by atoms with Crippen LogP contribution in [0.25, 0.3) is 5.57 Å². The van der Waals surface area contributed by atoms with Gasteiger partial charge in [0.05, 0.1) is 5.56 Å². The summed E-state index contributed by atoms with van der Waals surface area (Å²) in [5.74, 6) is -1.79. The van der Waals surface area contributed by atoms with E-state index in [2.05, 4.69) is 6.58 Å². The van der Waals surface area contributed by atoms with Crippen LogP contribution in [0.1, 0.15) is 16.7 Å². The van der Waals surface area contributed by atoms with Crippen LogP contribution >= 0.6 is 0 Å². The molecule has 4 nitrogen and oxygen atoms in total. The van der Waals surface area contributed by atoms with E-state index in [1.165, 1.54) is 29.2 Å². The lowest BCUT2D eigenvalue weighted by atomic mass is 10.0. The number of anilines is 1.